The van der Waals surface area contributed by atoms with Gasteiger partial charge in [-0.15, -0.1) is 35.1 Å². The molecular formula is C88H81N4O25S5+. The van der Waals surface area contributed by atoms with Crippen LogP contribution in [0.15, 0.2) is 180 Å². The van der Waals surface area contributed by atoms with Crippen LogP contribution in [-0.2, 0) is 63.4 Å². The number of benzene rings is 9. The Kier molecular flexibility index (Phi) is 21.5. The van der Waals surface area contributed by atoms with Crippen molar-refractivity contribution in [3.05, 3.63) is 230 Å². The van der Waals surface area contributed by atoms with Crippen LogP contribution < -0.4 is 10.7 Å². The van der Waals surface area contributed by atoms with Crippen LogP contribution in [-0.4, -0.2) is 145 Å². The monoisotopic (exact) mass is 1750 g/mol. The highest BCUT2D eigenvalue weighted by atomic mass is 32.2. The van der Waals surface area contributed by atoms with Crippen LogP contribution in [0.5, 0.6) is 0 Å². The van der Waals surface area contributed by atoms with Gasteiger partial charge in [-0.2, -0.15) is 33.7 Å². The Balaban J connectivity index is 0.000000117. The molecule has 20 rings (SSSR count). The maximum absolute atomic E-state index is 13.1. The van der Waals surface area contributed by atoms with Gasteiger partial charge in [0.05, 0.1) is 87.6 Å². The second-order valence-electron chi connectivity index (χ2n) is 34.1. The van der Waals surface area contributed by atoms with Crippen LogP contribution in [0.2, 0.25) is 0 Å². The number of primary amides is 2. The van der Waals surface area contributed by atoms with Gasteiger partial charge in [-0.05, 0) is 168 Å². The zero-order chi connectivity index (χ0) is 88.1. The molecule has 34 heteroatoms. The van der Waals surface area contributed by atoms with E-state index in [2.05, 4.69) is 0 Å². The molecule has 6 fully saturated rings. The maximum atomic E-state index is 13.1. The summed E-state index contributed by atoms with van der Waals surface area (Å²) in [6.45, 7) is 13.4. The summed E-state index contributed by atoms with van der Waals surface area (Å²) in [6.07, 6.45) is 5.56. The number of quaternary nitrogens is 1. The summed E-state index contributed by atoms with van der Waals surface area (Å²) < 4.78 is 124. The zero-order valence-corrected chi connectivity index (χ0v) is 70.7. The van der Waals surface area contributed by atoms with Crippen LogP contribution in [0.3, 0.4) is 0 Å². The molecule has 122 heavy (non-hydrogen) atoms. The third-order valence-corrected chi connectivity index (χ3v) is 32.4. The number of hydroxylamine groups is 6. The van der Waals surface area contributed by atoms with Gasteiger partial charge in [-0.3, -0.25) is 62.3 Å². The predicted molar refractivity (Wildman–Crippen MR) is 444 cm³/mol. The molecule has 8 amide bonds. The van der Waals surface area contributed by atoms with Gasteiger partial charge < -0.3 is 0 Å². The van der Waals surface area contributed by atoms with E-state index >= 15 is 0 Å². The highest BCUT2D eigenvalue weighted by Crippen LogP contribution is 2.67. The molecular weight excluding hydrogens is 1670 g/mol. The van der Waals surface area contributed by atoms with Gasteiger partial charge in [0.25, 0.3) is 65.8 Å². The summed E-state index contributed by atoms with van der Waals surface area (Å²) in [4.78, 5) is 147. The molecule has 29 nitrogen and oxygen atoms in total. The van der Waals surface area contributed by atoms with Crippen molar-refractivity contribution >= 4 is 169 Å². The Labute approximate surface area is 702 Å². The first-order chi connectivity index (χ1) is 57.2. The molecule has 0 radical (unpaired) electrons. The number of rotatable bonds is 11. The van der Waals surface area contributed by atoms with Gasteiger partial charge in [0.1, 0.15) is 17.3 Å². The topological polar surface area (TPSA) is 447 Å². The number of Topliss-reactive ketones (excluding diaryl/α,β-unsaturated/α-hetero) is 3. The largest absolute Gasteiger partial charge is 0.350 e. The summed E-state index contributed by atoms with van der Waals surface area (Å²) in [5.41, 5.74) is -0.857. The Morgan fingerprint density at radius 2 is 0.779 bits per heavy atom. The second-order valence-corrected chi connectivity index (χ2v) is 41.1. The molecule has 6 atom stereocenters. The lowest BCUT2D eigenvalue weighted by molar-refractivity contribution is -0.451. The van der Waals surface area contributed by atoms with E-state index in [1.807, 2.05) is 77.9 Å². The first-order valence-corrected chi connectivity index (χ1v) is 46.0. The number of hydrogen-bond donors (Lipinski definition) is 4. The highest BCUT2D eigenvalue weighted by molar-refractivity contribution is 7.87. The number of amides is 8. The number of ketones is 3. The molecule has 0 spiro atoms. The average molecular weight is 1750 g/mol. The summed E-state index contributed by atoms with van der Waals surface area (Å²) >= 11 is 1.19. The molecule has 6 saturated carbocycles. The van der Waals surface area contributed by atoms with Gasteiger partial charge in [0, 0.05) is 50.9 Å². The standard InChI is InChI=1S/C22H13NO6S2.C22H21NO6S.C12H7NO3.C12H7NO2.2C10H16O4S/c1-12-6-8-13(9-7-12)31(27,28)29-23-21(25)15-10-11-16-19(24)14-4-2-3-5-17(14)30-20(16)18(15)22(23)26;1-21(2)14-9-10-22(21,17(24)11-14)12-30(27,28)29-23-19(25)15-7-3-5-13-6-4-8-16(18(13)15)20(23)26;14-11-8-5-1-3-7-4-2-6-9(10(7)8)12(15)13(11)16;14-11-8-5-1-3-7-4-2-6-9(10(7)8)12(15)13-11;2*1-9(2)7-3-4-10(9,8(11)5-7)6-15(12,13)14/h2-11H,1H3;3-8,14H,9-12H2,1-2H3;1-6,16H;1-6H,(H,13,14,15);2*7H,3-6H2,1-2H3,(H,12,13,14)/p+1. The van der Waals surface area contributed by atoms with Gasteiger partial charge >= 0.3 is 21.9 Å². The number of fused-ring (bicyclic) bond motifs is 10. The maximum Gasteiger partial charge on any atom is 0.350 e. The van der Waals surface area contributed by atoms with Crippen molar-refractivity contribution in [3.63, 3.8) is 0 Å². The number of nitrogens with zero attached hydrogens (tertiary/aromatic N) is 3. The number of nitrogens with two attached hydrogens (primary N) is 1. The van der Waals surface area contributed by atoms with Crippen LogP contribution in [0.1, 0.15) is 188 Å². The minimum atomic E-state index is -4.41. The average Bonchev–Trinajstić information content (AvgIpc) is 1.55. The van der Waals surface area contributed by atoms with E-state index in [-0.39, 0.29) is 106 Å². The van der Waals surface area contributed by atoms with E-state index in [1.54, 1.807) is 104 Å². The zero-order valence-electron chi connectivity index (χ0n) is 66.7. The Bertz CT molecular complexity index is 6670. The van der Waals surface area contributed by atoms with Crippen LogP contribution in [0.4, 0.5) is 0 Å². The fraction of sp³-hybridized carbons (Fsp3) is 0.318. The molecule has 1 aromatic heterocycles. The third kappa shape index (κ3) is 14.3. The lowest BCUT2D eigenvalue weighted by Gasteiger charge is -2.36. The SMILES string of the molecule is CC1(C)C2CCC1(CS(=O)(=O)O)C(=O)C2.CC1(C)C2CCC1(CS(=O)(=O)O)C(=O)C2.CC1(C)C2CCC1(CS(=O)(=O)ON1C(=O)c3cccc4cccc(c34)C1=O)C(=O)C2.Cc1ccc(S(=O)(=O)ON2C(=O)c3ccc4c(=O)c5ccccc5sc4c3C2=O)cc1.O=C1[NH2+]C(=O)c2cccc3cccc1c23.O=C1c2cccc3cccc(c23)C(=O)N1O. The summed E-state index contributed by atoms with van der Waals surface area (Å²) in [7, 11) is -17.0. The van der Waals surface area contributed by atoms with Crippen molar-refractivity contribution in [3.8, 4) is 0 Å². The quantitative estimate of drug-likeness (QED) is 0.0404. The van der Waals surface area contributed by atoms with E-state index in [0.29, 0.717) is 96.8 Å². The molecule has 9 aromatic carbocycles. The fourth-order valence-electron chi connectivity index (χ4n) is 20.0. The first kappa shape index (κ1) is 85.9. The van der Waals surface area contributed by atoms with Crippen LogP contribution in [0, 0.1) is 57.2 Å². The summed E-state index contributed by atoms with van der Waals surface area (Å²) in [5, 5.41) is 16.4. The predicted octanol–water partition coefficient (Wildman–Crippen LogP) is 11.8. The highest BCUT2D eigenvalue weighted by Gasteiger charge is 2.68. The molecule has 10 aliphatic rings. The molecule has 632 valence electrons. The fourth-order valence-corrected chi connectivity index (χ4v) is 26.4. The van der Waals surface area contributed by atoms with Crippen molar-refractivity contribution < 1.29 is 115 Å². The van der Waals surface area contributed by atoms with Gasteiger partial charge in [0.15, 0.2) is 5.43 Å². The minimum Gasteiger partial charge on any atom is -0.299 e. The van der Waals surface area contributed by atoms with Gasteiger partial charge in [0.2, 0.25) is 0 Å². The van der Waals surface area contributed by atoms with Crippen molar-refractivity contribution in [1.82, 2.24) is 15.2 Å². The number of carbonyl (C=O) groups is 11. The Morgan fingerprint density at radius 1 is 0.410 bits per heavy atom. The molecule has 4 aliphatic heterocycles. The molecule has 6 bridgehead atoms. The number of aryl methyl sites for hydroxylation is 1. The summed E-state index contributed by atoms with van der Waals surface area (Å²) in [6, 6.07) is 46.9. The Hall–Kier alpha value is -11.0. The van der Waals surface area contributed by atoms with Crippen LogP contribution >= 0.6 is 11.3 Å². The number of hydrogen-bond acceptors (Lipinski definition) is 24. The van der Waals surface area contributed by atoms with E-state index in [4.69, 9.17) is 17.7 Å². The number of imide groups is 4. The first-order valence-electron chi connectivity index (χ1n) is 39.0. The normalized spacial score (nSPS) is 23.5. The third-order valence-electron chi connectivity index (χ3n) is 27.1. The lowest BCUT2D eigenvalue weighted by Crippen LogP contribution is -2.92. The van der Waals surface area contributed by atoms with E-state index < -0.39 is 115 Å². The molecule has 6 aliphatic carbocycles. The smallest absolute Gasteiger partial charge is 0.299 e. The van der Waals surface area contributed by atoms with Crippen molar-refractivity contribution in [2.45, 2.75) is 111 Å². The van der Waals surface area contributed by atoms with E-state index in [0.717, 1.165) is 46.3 Å². The molecule has 10 aromatic rings. The molecule has 5 N–H and O–H groups in total. The van der Waals surface area contributed by atoms with E-state index in [1.165, 1.54) is 47.7 Å². The Morgan fingerprint density at radius 3 is 1.17 bits per heavy atom. The van der Waals surface area contributed by atoms with Gasteiger partial charge in [-0.1, -0.05) is 144 Å². The second kappa shape index (κ2) is 30.5. The van der Waals surface area contributed by atoms with Gasteiger partial charge in [-0.25, -0.2) is 14.9 Å². The molecule has 6 unspecified atom stereocenters. The minimum absolute atomic E-state index is 0.0115. The van der Waals surface area contributed by atoms with Crippen molar-refractivity contribution in [2.24, 2.45) is 50.2 Å². The molecule has 0 saturated heterocycles. The summed E-state index contributed by atoms with van der Waals surface area (Å²) in [5.74, 6) is -5.88. The van der Waals surface area contributed by atoms with Crippen molar-refractivity contribution in [1.29, 1.82) is 0 Å². The van der Waals surface area contributed by atoms with E-state index in [9.17, 15) is 96.4 Å². The number of carbonyl (C=O) groups excluding carboxylic acids is 11. The molecule has 5 heterocycles. The van der Waals surface area contributed by atoms with Crippen molar-refractivity contribution in [2.75, 3.05) is 17.3 Å². The van der Waals surface area contributed by atoms with Crippen LogP contribution in [0.25, 0.3) is 52.5 Å². The lowest BCUT2D eigenvalue weighted by atomic mass is 9.70.